The summed E-state index contributed by atoms with van der Waals surface area (Å²) in [5, 5.41) is 15.8. The SMILES string of the molecule is CCC(C)OC(C)CC.OCCCO. The second-order valence-corrected chi connectivity index (χ2v) is 3.37. The number of rotatable bonds is 6. The van der Waals surface area contributed by atoms with Crippen molar-refractivity contribution >= 4 is 0 Å². The van der Waals surface area contributed by atoms with Crippen LogP contribution in [0.4, 0.5) is 0 Å². The van der Waals surface area contributed by atoms with Crippen LogP contribution in [0.1, 0.15) is 47.0 Å². The third-order valence-corrected chi connectivity index (χ3v) is 1.93. The normalized spacial score (nSPS) is 14.1. The Morgan fingerprint density at radius 2 is 1.29 bits per heavy atom. The molecule has 88 valence electrons. The Labute approximate surface area is 88.1 Å². The molecule has 0 aliphatic carbocycles. The first-order chi connectivity index (χ1) is 6.62. The van der Waals surface area contributed by atoms with Gasteiger partial charge in [-0.2, -0.15) is 0 Å². The van der Waals surface area contributed by atoms with Gasteiger partial charge in [-0.1, -0.05) is 13.8 Å². The lowest BCUT2D eigenvalue weighted by Crippen LogP contribution is -2.14. The standard InChI is InChI=1S/C8H18O.C3H8O2/c1-5-7(3)9-8(4)6-2;4-2-1-3-5/h7-8H,5-6H2,1-4H3;4-5H,1-3H2. The van der Waals surface area contributed by atoms with Crippen molar-refractivity contribution in [2.24, 2.45) is 0 Å². The van der Waals surface area contributed by atoms with Crippen LogP contribution in [0, 0.1) is 0 Å². The number of ether oxygens (including phenoxy) is 1. The van der Waals surface area contributed by atoms with Crippen LogP contribution < -0.4 is 0 Å². The molecule has 2 N–H and O–H groups in total. The summed E-state index contributed by atoms with van der Waals surface area (Å²) in [7, 11) is 0. The second-order valence-electron chi connectivity index (χ2n) is 3.37. The van der Waals surface area contributed by atoms with E-state index < -0.39 is 0 Å². The molecule has 0 saturated carbocycles. The molecule has 0 aliphatic rings. The topological polar surface area (TPSA) is 49.7 Å². The molecule has 3 heteroatoms. The van der Waals surface area contributed by atoms with Crippen LogP contribution in [-0.2, 0) is 4.74 Å². The summed E-state index contributed by atoms with van der Waals surface area (Å²) in [6.45, 7) is 8.71. The molecule has 3 nitrogen and oxygen atoms in total. The van der Waals surface area contributed by atoms with Gasteiger partial charge in [-0.05, 0) is 33.1 Å². The Morgan fingerprint density at radius 1 is 0.929 bits per heavy atom. The highest BCUT2D eigenvalue weighted by Crippen LogP contribution is 2.03. The van der Waals surface area contributed by atoms with Crippen molar-refractivity contribution in [3.63, 3.8) is 0 Å². The van der Waals surface area contributed by atoms with Crippen molar-refractivity contribution in [3.8, 4) is 0 Å². The van der Waals surface area contributed by atoms with Crippen molar-refractivity contribution in [3.05, 3.63) is 0 Å². The third-order valence-electron chi connectivity index (χ3n) is 1.93. The predicted molar refractivity (Wildman–Crippen MR) is 59.4 cm³/mol. The Bertz CT molecular complexity index is 86.5. The maximum absolute atomic E-state index is 7.91. The molecular weight excluding hydrogens is 180 g/mol. The van der Waals surface area contributed by atoms with Gasteiger partial charge in [0, 0.05) is 13.2 Å². The van der Waals surface area contributed by atoms with Crippen molar-refractivity contribution < 1.29 is 14.9 Å². The van der Waals surface area contributed by atoms with E-state index in [1.54, 1.807) is 0 Å². The summed E-state index contributed by atoms with van der Waals surface area (Å²) < 4.78 is 5.55. The molecule has 0 bridgehead atoms. The lowest BCUT2D eigenvalue weighted by Gasteiger charge is -2.15. The highest BCUT2D eigenvalue weighted by Gasteiger charge is 2.02. The molecule has 0 saturated heterocycles. The van der Waals surface area contributed by atoms with Crippen LogP contribution in [-0.4, -0.2) is 35.6 Å². The van der Waals surface area contributed by atoms with E-state index in [9.17, 15) is 0 Å². The van der Waals surface area contributed by atoms with Crippen LogP contribution in [0.15, 0.2) is 0 Å². The molecule has 0 aliphatic heterocycles. The van der Waals surface area contributed by atoms with Gasteiger partial charge in [0.1, 0.15) is 0 Å². The quantitative estimate of drug-likeness (QED) is 0.698. The lowest BCUT2D eigenvalue weighted by atomic mass is 10.3. The summed E-state index contributed by atoms with van der Waals surface area (Å²) >= 11 is 0. The van der Waals surface area contributed by atoms with Crippen molar-refractivity contribution in [1.82, 2.24) is 0 Å². The fourth-order valence-electron chi connectivity index (χ4n) is 0.660. The summed E-state index contributed by atoms with van der Waals surface area (Å²) in [4.78, 5) is 0. The average molecular weight is 206 g/mol. The molecule has 0 aromatic rings. The van der Waals surface area contributed by atoms with E-state index >= 15 is 0 Å². The highest BCUT2D eigenvalue weighted by molar-refractivity contribution is 4.50. The molecule has 0 aromatic heterocycles. The van der Waals surface area contributed by atoms with Gasteiger partial charge in [0.2, 0.25) is 0 Å². The third kappa shape index (κ3) is 14.4. The van der Waals surface area contributed by atoms with Gasteiger partial charge in [-0.3, -0.25) is 0 Å². The first-order valence-electron chi connectivity index (χ1n) is 5.49. The molecule has 0 rings (SSSR count). The average Bonchev–Trinajstić information content (AvgIpc) is 2.19. The number of aliphatic hydroxyl groups excluding tert-OH is 2. The van der Waals surface area contributed by atoms with Gasteiger partial charge < -0.3 is 14.9 Å². The maximum Gasteiger partial charge on any atom is 0.0548 e. The molecule has 0 amide bonds. The molecule has 0 spiro atoms. The minimum Gasteiger partial charge on any atom is -0.396 e. The van der Waals surface area contributed by atoms with E-state index in [1.807, 2.05) is 0 Å². The summed E-state index contributed by atoms with van der Waals surface area (Å²) in [6, 6.07) is 0. The highest BCUT2D eigenvalue weighted by atomic mass is 16.5. The van der Waals surface area contributed by atoms with Gasteiger partial charge >= 0.3 is 0 Å². The molecule has 0 aromatic carbocycles. The first kappa shape index (κ1) is 16.3. The van der Waals surface area contributed by atoms with E-state index in [0.717, 1.165) is 12.8 Å². The van der Waals surface area contributed by atoms with Crippen molar-refractivity contribution in [1.29, 1.82) is 0 Å². The Hall–Kier alpha value is -0.120. The molecule has 0 fully saturated rings. The van der Waals surface area contributed by atoms with E-state index in [4.69, 9.17) is 14.9 Å². The fraction of sp³-hybridized carbons (Fsp3) is 1.00. The first-order valence-corrected chi connectivity index (χ1v) is 5.49. The van der Waals surface area contributed by atoms with Crippen LogP contribution in [0.2, 0.25) is 0 Å². The van der Waals surface area contributed by atoms with E-state index in [0.29, 0.717) is 18.6 Å². The Kier molecular flexibility index (Phi) is 15.0. The minimum absolute atomic E-state index is 0.0938. The van der Waals surface area contributed by atoms with E-state index in [2.05, 4.69) is 27.7 Å². The van der Waals surface area contributed by atoms with Crippen molar-refractivity contribution in [2.75, 3.05) is 13.2 Å². The van der Waals surface area contributed by atoms with Gasteiger partial charge in [0.15, 0.2) is 0 Å². The van der Waals surface area contributed by atoms with Crippen LogP contribution >= 0.6 is 0 Å². The second kappa shape index (κ2) is 12.9. The van der Waals surface area contributed by atoms with Crippen LogP contribution in [0.3, 0.4) is 0 Å². The zero-order chi connectivity index (χ0) is 11.4. The minimum atomic E-state index is 0.0938. The predicted octanol–water partition coefficient (Wildman–Crippen LogP) is 1.96. The monoisotopic (exact) mass is 206 g/mol. The number of aliphatic hydroxyl groups is 2. The molecular formula is C11H26O3. The smallest absolute Gasteiger partial charge is 0.0548 e. The molecule has 0 heterocycles. The molecule has 2 unspecified atom stereocenters. The van der Waals surface area contributed by atoms with Crippen molar-refractivity contribution in [2.45, 2.75) is 59.2 Å². The summed E-state index contributed by atoms with van der Waals surface area (Å²) in [5.41, 5.74) is 0. The summed E-state index contributed by atoms with van der Waals surface area (Å²) in [6.07, 6.45) is 3.59. The summed E-state index contributed by atoms with van der Waals surface area (Å²) in [5.74, 6) is 0. The lowest BCUT2D eigenvalue weighted by molar-refractivity contribution is 0.00511. The zero-order valence-corrected chi connectivity index (χ0v) is 9.99. The Balaban J connectivity index is 0. The molecule has 2 atom stereocenters. The number of hydrogen-bond acceptors (Lipinski definition) is 3. The zero-order valence-electron chi connectivity index (χ0n) is 9.99. The Morgan fingerprint density at radius 3 is 1.43 bits per heavy atom. The maximum atomic E-state index is 7.91. The van der Waals surface area contributed by atoms with Crippen LogP contribution in [0.25, 0.3) is 0 Å². The van der Waals surface area contributed by atoms with E-state index in [-0.39, 0.29) is 13.2 Å². The van der Waals surface area contributed by atoms with E-state index in [1.165, 1.54) is 0 Å². The largest absolute Gasteiger partial charge is 0.396 e. The van der Waals surface area contributed by atoms with Gasteiger partial charge in [-0.25, -0.2) is 0 Å². The van der Waals surface area contributed by atoms with Gasteiger partial charge in [0.05, 0.1) is 12.2 Å². The van der Waals surface area contributed by atoms with Gasteiger partial charge in [-0.15, -0.1) is 0 Å². The molecule has 14 heavy (non-hydrogen) atoms. The fourth-order valence-corrected chi connectivity index (χ4v) is 0.660. The molecule has 0 radical (unpaired) electrons. The van der Waals surface area contributed by atoms with Gasteiger partial charge in [0.25, 0.3) is 0 Å². The van der Waals surface area contributed by atoms with Crippen LogP contribution in [0.5, 0.6) is 0 Å². The number of hydrogen-bond donors (Lipinski definition) is 2.